The Bertz CT molecular complexity index is 1680. The van der Waals surface area contributed by atoms with Crippen molar-refractivity contribution in [1.82, 2.24) is 5.32 Å². The maximum Gasteiger partial charge on any atom is 0.309 e. The summed E-state index contributed by atoms with van der Waals surface area (Å²) in [6, 6.07) is 7.14. The van der Waals surface area contributed by atoms with Crippen LogP contribution in [-0.2, 0) is 19.1 Å². The summed E-state index contributed by atoms with van der Waals surface area (Å²) in [4.78, 5) is 51.9. The minimum absolute atomic E-state index is 0.0319. The largest absolute Gasteiger partial charge is 0.481 e. The average Bonchev–Trinajstić information content (AvgIpc) is 3.34. The lowest BCUT2D eigenvalue weighted by atomic mass is 9.33. The SMILES string of the molecule is CC(C)C1=C2[C@H]3CC[C@@H]4[C@@]5(C)CC[C@H](OC(=O)CC(C)(C)C(=O)O)C(C)(C)[C@@H]5CC[C@@]4(C)[C@]3(C)CC[C@@]2(CCNC(=O)c2ccccc2Cl)CC1=O. The average molecular weight is 736 g/mol. The van der Waals surface area contributed by atoms with Gasteiger partial charge in [0.15, 0.2) is 5.78 Å². The van der Waals surface area contributed by atoms with E-state index in [1.54, 1.807) is 26.0 Å². The molecule has 1 aromatic rings. The molecule has 5 aliphatic rings. The molecule has 7 nitrogen and oxygen atoms in total. The first-order valence-corrected chi connectivity index (χ1v) is 20.3. The van der Waals surface area contributed by atoms with E-state index in [0.29, 0.717) is 47.1 Å². The predicted octanol–water partition coefficient (Wildman–Crippen LogP) is 9.85. The van der Waals surface area contributed by atoms with E-state index in [0.717, 1.165) is 63.4 Å². The molecule has 286 valence electrons. The number of Topliss-reactive ketones (excluding diaryl/α,β-unsaturated/α-hetero) is 1. The summed E-state index contributed by atoms with van der Waals surface area (Å²) >= 11 is 6.34. The van der Waals surface area contributed by atoms with Crippen LogP contribution in [0.3, 0.4) is 0 Å². The lowest BCUT2D eigenvalue weighted by Gasteiger charge is -2.72. The van der Waals surface area contributed by atoms with Gasteiger partial charge in [-0.3, -0.25) is 19.2 Å². The van der Waals surface area contributed by atoms with Crippen molar-refractivity contribution in [3.8, 4) is 0 Å². The van der Waals surface area contributed by atoms with Gasteiger partial charge in [-0.1, -0.05) is 77.8 Å². The van der Waals surface area contributed by atoms with Crippen LogP contribution in [0.25, 0.3) is 0 Å². The molecular formula is C44H62ClNO6. The van der Waals surface area contributed by atoms with Crippen molar-refractivity contribution in [2.75, 3.05) is 6.54 Å². The van der Waals surface area contributed by atoms with Gasteiger partial charge in [0.05, 0.1) is 22.4 Å². The first-order chi connectivity index (χ1) is 24.1. The number of halogens is 1. The Morgan fingerprint density at radius 2 is 1.63 bits per heavy atom. The van der Waals surface area contributed by atoms with Gasteiger partial charge in [-0.05, 0) is 129 Å². The summed E-state index contributed by atoms with van der Waals surface area (Å²) in [5, 5.41) is 13.2. The standard InChI is InChI=1S/C44H62ClNO6/c1-26(2)35-30(47)24-44(22-23-46-37(49)27-12-10-11-13-29(27)45)21-20-42(8)28(36(35)44)14-15-32-41(7)18-17-33(52-34(48)25-39(3,4)38(50)51)40(5,6)31(41)16-19-43(32,42)9/h10-13,26,28,31-33H,14-25H2,1-9H3,(H,46,49)(H,50,51)/t28-,31+,32-,33+,41+,42-,43-,44-/m1/s1. The molecule has 0 saturated heterocycles. The number of amides is 1. The van der Waals surface area contributed by atoms with E-state index in [-0.39, 0.29) is 51.4 Å². The number of hydrogen-bond donors (Lipinski definition) is 2. The highest BCUT2D eigenvalue weighted by molar-refractivity contribution is 6.33. The van der Waals surface area contributed by atoms with Gasteiger partial charge in [-0.2, -0.15) is 0 Å². The fraction of sp³-hybridized carbons (Fsp3) is 0.727. The number of aliphatic carboxylic acids is 1. The fourth-order valence-corrected chi connectivity index (χ4v) is 13.3. The highest BCUT2D eigenvalue weighted by atomic mass is 35.5. The van der Waals surface area contributed by atoms with Crippen LogP contribution in [0.1, 0.15) is 143 Å². The zero-order chi connectivity index (χ0) is 38.2. The summed E-state index contributed by atoms with van der Waals surface area (Å²) in [5.74, 6) is 0.0831. The van der Waals surface area contributed by atoms with Crippen LogP contribution in [-0.4, -0.2) is 41.4 Å². The minimum atomic E-state index is -1.16. The normalized spacial score (nSPS) is 36.7. The van der Waals surface area contributed by atoms with E-state index in [2.05, 4.69) is 53.8 Å². The van der Waals surface area contributed by atoms with Crippen LogP contribution in [0, 0.1) is 56.2 Å². The number of ketones is 1. The first-order valence-electron chi connectivity index (χ1n) is 19.9. The lowest BCUT2D eigenvalue weighted by Crippen LogP contribution is -2.65. The second-order valence-electron chi connectivity index (χ2n) is 19.7. The van der Waals surface area contributed by atoms with Gasteiger partial charge in [-0.15, -0.1) is 0 Å². The molecule has 52 heavy (non-hydrogen) atoms. The Balaban J connectivity index is 1.25. The minimum Gasteiger partial charge on any atom is -0.481 e. The van der Waals surface area contributed by atoms with Gasteiger partial charge < -0.3 is 15.2 Å². The molecule has 0 aromatic heterocycles. The molecule has 0 bridgehead atoms. The Morgan fingerprint density at radius 1 is 0.942 bits per heavy atom. The number of carbonyl (C=O) groups is 4. The number of carbonyl (C=O) groups excluding carboxylic acids is 3. The molecule has 1 amide bonds. The molecule has 0 unspecified atom stereocenters. The molecule has 6 rings (SSSR count). The number of rotatable bonds is 9. The molecule has 0 aliphatic heterocycles. The van der Waals surface area contributed by atoms with E-state index in [1.165, 1.54) is 5.57 Å². The number of fused-ring (bicyclic) bond motifs is 7. The maximum absolute atomic E-state index is 14.0. The van der Waals surface area contributed by atoms with Gasteiger partial charge in [0.25, 0.3) is 5.91 Å². The van der Waals surface area contributed by atoms with Gasteiger partial charge in [-0.25, -0.2) is 0 Å². The fourth-order valence-electron chi connectivity index (χ4n) is 13.0. The zero-order valence-corrected chi connectivity index (χ0v) is 33.8. The smallest absolute Gasteiger partial charge is 0.309 e. The van der Waals surface area contributed by atoms with Gasteiger partial charge >= 0.3 is 11.9 Å². The molecule has 8 atom stereocenters. The van der Waals surface area contributed by atoms with Crippen LogP contribution in [0.15, 0.2) is 35.4 Å². The van der Waals surface area contributed by atoms with E-state index in [1.807, 2.05) is 12.1 Å². The van der Waals surface area contributed by atoms with Crippen molar-refractivity contribution in [3.63, 3.8) is 0 Å². The maximum atomic E-state index is 14.0. The predicted molar refractivity (Wildman–Crippen MR) is 204 cm³/mol. The number of ether oxygens (including phenoxy) is 1. The van der Waals surface area contributed by atoms with Crippen LogP contribution in [0.5, 0.6) is 0 Å². The third kappa shape index (κ3) is 5.98. The number of allylic oxidation sites excluding steroid dienone is 2. The van der Waals surface area contributed by atoms with E-state index in [9.17, 15) is 24.3 Å². The van der Waals surface area contributed by atoms with Crippen molar-refractivity contribution in [2.24, 2.45) is 56.2 Å². The highest BCUT2D eigenvalue weighted by Crippen LogP contribution is 2.77. The third-order valence-electron chi connectivity index (χ3n) is 16.0. The summed E-state index contributed by atoms with van der Waals surface area (Å²) in [6.45, 7) is 20.2. The summed E-state index contributed by atoms with van der Waals surface area (Å²) in [7, 11) is 0. The first kappa shape index (κ1) is 39.0. The number of benzene rings is 1. The van der Waals surface area contributed by atoms with Gasteiger partial charge in [0.1, 0.15) is 6.10 Å². The van der Waals surface area contributed by atoms with Crippen LogP contribution in [0.2, 0.25) is 5.02 Å². The Hall–Kier alpha value is -2.67. The lowest BCUT2D eigenvalue weighted by molar-refractivity contribution is -0.233. The quantitative estimate of drug-likeness (QED) is 0.245. The van der Waals surface area contributed by atoms with Crippen molar-refractivity contribution in [3.05, 3.63) is 46.0 Å². The van der Waals surface area contributed by atoms with E-state index < -0.39 is 17.4 Å². The van der Waals surface area contributed by atoms with E-state index in [4.69, 9.17) is 16.3 Å². The zero-order valence-electron chi connectivity index (χ0n) is 33.0. The molecule has 1 aromatic carbocycles. The van der Waals surface area contributed by atoms with Crippen molar-refractivity contribution in [1.29, 1.82) is 0 Å². The van der Waals surface area contributed by atoms with Gasteiger partial charge in [0.2, 0.25) is 0 Å². The van der Waals surface area contributed by atoms with Crippen molar-refractivity contribution in [2.45, 2.75) is 139 Å². The molecule has 5 aliphatic carbocycles. The second-order valence-corrected chi connectivity index (χ2v) is 20.1. The monoisotopic (exact) mass is 735 g/mol. The summed E-state index contributed by atoms with van der Waals surface area (Å²) < 4.78 is 6.16. The van der Waals surface area contributed by atoms with Crippen LogP contribution >= 0.6 is 11.6 Å². The van der Waals surface area contributed by atoms with Gasteiger partial charge in [0, 0.05) is 23.8 Å². The molecule has 0 spiro atoms. The number of esters is 1. The van der Waals surface area contributed by atoms with E-state index >= 15 is 0 Å². The summed E-state index contributed by atoms with van der Waals surface area (Å²) in [6.07, 6.45) is 9.04. The topological polar surface area (TPSA) is 110 Å². The molecule has 2 N–H and O–H groups in total. The number of carboxylic acids is 1. The Labute approximate surface area is 316 Å². The molecule has 4 fully saturated rings. The number of nitrogens with one attached hydrogen (secondary N) is 1. The molecule has 8 heteroatoms. The molecule has 0 radical (unpaired) electrons. The van der Waals surface area contributed by atoms with Crippen molar-refractivity contribution >= 4 is 35.2 Å². The third-order valence-corrected chi connectivity index (χ3v) is 16.3. The Morgan fingerprint density at radius 3 is 2.29 bits per heavy atom. The van der Waals surface area contributed by atoms with Crippen LogP contribution in [0.4, 0.5) is 0 Å². The molecule has 0 heterocycles. The second kappa shape index (κ2) is 13.3. The summed E-state index contributed by atoms with van der Waals surface area (Å²) in [5.41, 5.74) is 1.52. The van der Waals surface area contributed by atoms with Crippen molar-refractivity contribution < 1.29 is 29.0 Å². The molecular weight excluding hydrogens is 674 g/mol. The Kier molecular flexibility index (Phi) is 9.96. The number of hydrogen-bond acceptors (Lipinski definition) is 5. The highest BCUT2D eigenvalue weighted by Gasteiger charge is 2.70. The molecule has 4 saturated carbocycles. The van der Waals surface area contributed by atoms with Crippen LogP contribution < -0.4 is 5.32 Å². The number of carboxylic acid groups (broad SMARTS) is 1.